The highest BCUT2D eigenvalue weighted by atomic mass is 16.5. The van der Waals surface area contributed by atoms with Crippen molar-refractivity contribution in [1.82, 2.24) is 0 Å². The summed E-state index contributed by atoms with van der Waals surface area (Å²) in [4.78, 5) is 24.8. The second-order valence-corrected chi connectivity index (χ2v) is 7.20. The lowest BCUT2D eigenvalue weighted by atomic mass is 10.0. The standard InChI is InChI=1S/C28H22O4/c29-27(19-31-25-7-3-1-4-8-25)23-15-11-21(12-16-23)22-13-17-24(18-14-22)28(30)20-32-26-9-5-2-6-10-26/h1-18H,19-20H2. The maximum atomic E-state index is 12.4. The first kappa shape index (κ1) is 21.1. The number of ether oxygens (including phenoxy) is 2. The van der Waals surface area contributed by atoms with Crippen molar-refractivity contribution in [3.63, 3.8) is 0 Å². The van der Waals surface area contributed by atoms with Gasteiger partial charge in [-0.25, -0.2) is 0 Å². The van der Waals surface area contributed by atoms with Gasteiger partial charge in [0.2, 0.25) is 0 Å². The van der Waals surface area contributed by atoms with Gasteiger partial charge in [0.1, 0.15) is 11.5 Å². The predicted octanol–water partition coefficient (Wildman–Crippen LogP) is 5.88. The largest absolute Gasteiger partial charge is 0.485 e. The fourth-order valence-corrected chi connectivity index (χ4v) is 3.20. The highest BCUT2D eigenvalue weighted by Gasteiger charge is 2.10. The molecule has 158 valence electrons. The van der Waals surface area contributed by atoms with Gasteiger partial charge in [-0.3, -0.25) is 9.59 Å². The Morgan fingerprint density at radius 3 is 1.16 bits per heavy atom. The second kappa shape index (κ2) is 10.2. The van der Waals surface area contributed by atoms with E-state index < -0.39 is 0 Å². The van der Waals surface area contributed by atoms with Gasteiger partial charge in [-0.1, -0.05) is 84.9 Å². The number of Topliss-reactive ketones (excluding diaryl/α,β-unsaturated/α-hetero) is 2. The van der Waals surface area contributed by atoms with Crippen LogP contribution in [0.15, 0.2) is 109 Å². The van der Waals surface area contributed by atoms with Gasteiger partial charge in [-0.15, -0.1) is 0 Å². The lowest BCUT2D eigenvalue weighted by Crippen LogP contribution is -2.11. The molecule has 0 atom stereocenters. The van der Waals surface area contributed by atoms with E-state index in [4.69, 9.17) is 9.47 Å². The molecule has 4 aromatic carbocycles. The maximum absolute atomic E-state index is 12.4. The van der Waals surface area contributed by atoms with Crippen molar-refractivity contribution in [3.8, 4) is 22.6 Å². The number of carbonyl (C=O) groups is 2. The van der Waals surface area contributed by atoms with Gasteiger partial charge < -0.3 is 9.47 Å². The van der Waals surface area contributed by atoms with E-state index in [0.717, 1.165) is 11.1 Å². The fraction of sp³-hybridized carbons (Fsp3) is 0.0714. The number of rotatable bonds is 9. The van der Waals surface area contributed by atoms with Crippen LogP contribution in [0.1, 0.15) is 20.7 Å². The molecule has 0 N–H and O–H groups in total. The Morgan fingerprint density at radius 2 is 0.812 bits per heavy atom. The van der Waals surface area contributed by atoms with E-state index >= 15 is 0 Å². The molecule has 0 aliphatic rings. The average Bonchev–Trinajstić information content (AvgIpc) is 2.87. The Kier molecular flexibility index (Phi) is 6.73. The van der Waals surface area contributed by atoms with Crippen molar-refractivity contribution in [2.24, 2.45) is 0 Å². The van der Waals surface area contributed by atoms with Crippen LogP contribution in [0.3, 0.4) is 0 Å². The average molecular weight is 422 g/mol. The molecule has 0 heterocycles. The maximum Gasteiger partial charge on any atom is 0.200 e. The van der Waals surface area contributed by atoms with Crippen molar-refractivity contribution in [3.05, 3.63) is 120 Å². The molecule has 0 unspecified atom stereocenters. The summed E-state index contributed by atoms with van der Waals surface area (Å²) in [6, 6.07) is 33.3. The molecule has 0 radical (unpaired) electrons. The van der Waals surface area contributed by atoms with Crippen LogP contribution in [-0.2, 0) is 0 Å². The van der Waals surface area contributed by atoms with Crippen LogP contribution in [-0.4, -0.2) is 24.8 Å². The molecule has 0 amide bonds. The van der Waals surface area contributed by atoms with Crippen LogP contribution < -0.4 is 9.47 Å². The number of hydrogen-bond donors (Lipinski definition) is 0. The summed E-state index contributed by atoms with van der Waals surface area (Å²) in [5.74, 6) is 1.17. The quantitative estimate of drug-likeness (QED) is 0.316. The first-order valence-electron chi connectivity index (χ1n) is 10.3. The summed E-state index contributed by atoms with van der Waals surface area (Å²) in [6.45, 7) is -0.0174. The van der Waals surface area contributed by atoms with Crippen LogP contribution in [0.2, 0.25) is 0 Å². The molecule has 0 fully saturated rings. The van der Waals surface area contributed by atoms with Crippen molar-refractivity contribution in [2.75, 3.05) is 13.2 Å². The number of para-hydroxylation sites is 2. The highest BCUT2D eigenvalue weighted by Crippen LogP contribution is 2.21. The minimum Gasteiger partial charge on any atom is -0.485 e. The third-order valence-electron chi connectivity index (χ3n) is 4.97. The molecule has 0 spiro atoms. The Labute approximate surface area is 187 Å². The minimum atomic E-state index is -0.0836. The Hall–Kier alpha value is -4.18. The molecule has 0 saturated carbocycles. The van der Waals surface area contributed by atoms with Crippen molar-refractivity contribution < 1.29 is 19.1 Å². The van der Waals surface area contributed by atoms with E-state index in [9.17, 15) is 9.59 Å². The van der Waals surface area contributed by atoms with Crippen LogP contribution in [0.4, 0.5) is 0 Å². The Morgan fingerprint density at radius 1 is 0.469 bits per heavy atom. The minimum absolute atomic E-state index is 0.00871. The van der Waals surface area contributed by atoms with Crippen LogP contribution in [0.25, 0.3) is 11.1 Å². The van der Waals surface area contributed by atoms with E-state index in [-0.39, 0.29) is 24.8 Å². The molecule has 4 nitrogen and oxygen atoms in total. The second-order valence-electron chi connectivity index (χ2n) is 7.20. The fourth-order valence-electron chi connectivity index (χ4n) is 3.20. The van der Waals surface area contributed by atoms with Crippen LogP contribution >= 0.6 is 0 Å². The summed E-state index contributed by atoms with van der Waals surface area (Å²) in [5.41, 5.74) is 3.11. The zero-order valence-electron chi connectivity index (χ0n) is 17.4. The van der Waals surface area contributed by atoms with Crippen molar-refractivity contribution in [2.45, 2.75) is 0 Å². The van der Waals surface area contributed by atoms with Crippen molar-refractivity contribution in [1.29, 1.82) is 0 Å². The normalized spacial score (nSPS) is 10.4. The lowest BCUT2D eigenvalue weighted by Gasteiger charge is -2.08. The van der Waals surface area contributed by atoms with E-state index in [1.165, 1.54) is 0 Å². The van der Waals surface area contributed by atoms with Gasteiger partial charge in [0.15, 0.2) is 24.8 Å². The third kappa shape index (κ3) is 5.49. The predicted molar refractivity (Wildman–Crippen MR) is 124 cm³/mol. The van der Waals surface area contributed by atoms with Gasteiger partial charge >= 0.3 is 0 Å². The zero-order valence-corrected chi connectivity index (χ0v) is 17.4. The summed E-state index contributed by atoms with van der Waals surface area (Å²) in [6.07, 6.45) is 0. The van der Waals surface area contributed by atoms with E-state index in [2.05, 4.69) is 0 Å². The topological polar surface area (TPSA) is 52.6 Å². The van der Waals surface area contributed by atoms with E-state index in [1.54, 1.807) is 24.3 Å². The van der Waals surface area contributed by atoms with Gasteiger partial charge in [-0.05, 0) is 35.4 Å². The third-order valence-corrected chi connectivity index (χ3v) is 4.97. The summed E-state index contributed by atoms with van der Waals surface area (Å²) < 4.78 is 11.1. The van der Waals surface area contributed by atoms with Gasteiger partial charge in [0.05, 0.1) is 0 Å². The molecule has 0 aromatic heterocycles. The molecule has 0 aliphatic heterocycles. The van der Waals surface area contributed by atoms with E-state index in [0.29, 0.717) is 22.6 Å². The number of carbonyl (C=O) groups excluding carboxylic acids is 2. The summed E-state index contributed by atoms with van der Waals surface area (Å²) in [5, 5.41) is 0. The molecule has 4 rings (SSSR count). The molecule has 0 bridgehead atoms. The summed E-state index contributed by atoms with van der Waals surface area (Å²) >= 11 is 0. The molecular weight excluding hydrogens is 400 g/mol. The van der Waals surface area contributed by atoms with Crippen molar-refractivity contribution >= 4 is 11.6 Å². The molecule has 0 saturated heterocycles. The number of ketones is 2. The Balaban J connectivity index is 1.34. The lowest BCUT2D eigenvalue weighted by molar-refractivity contribution is 0.0915. The highest BCUT2D eigenvalue weighted by molar-refractivity contribution is 5.98. The van der Waals surface area contributed by atoms with Gasteiger partial charge in [-0.2, -0.15) is 0 Å². The molecule has 4 aromatic rings. The molecule has 32 heavy (non-hydrogen) atoms. The first-order chi connectivity index (χ1) is 15.7. The molecular formula is C28H22O4. The first-order valence-corrected chi connectivity index (χ1v) is 10.3. The van der Waals surface area contributed by atoms with Gasteiger partial charge in [0.25, 0.3) is 0 Å². The van der Waals surface area contributed by atoms with E-state index in [1.807, 2.05) is 84.9 Å². The monoisotopic (exact) mass is 422 g/mol. The SMILES string of the molecule is O=C(COc1ccccc1)c1ccc(-c2ccc(C(=O)COc3ccccc3)cc2)cc1. The molecule has 0 aliphatic carbocycles. The zero-order chi connectivity index (χ0) is 22.2. The number of benzene rings is 4. The summed E-state index contributed by atoms with van der Waals surface area (Å²) in [7, 11) is 0. The smallest absolute Gasteiger partial charge is 0.200 e. The number of hydrogen-bond acceptors (Lipinski definition) is 4. The van der Waals surface area contributed by atoms with Crippen LogP contribution in [0.5, 0.6) is 11.5 Å². The van der Waals surface area contributed by atoms with Gasteiger partial charge in [0, 0.05) is 11.1 Å². The molecule has 4 heteroatoms. The van der Waals surface area contributed by atoms with Crippen LogP contribution in [0, 0.1) is 0 Å². The Bertz CT molecular complexity index is 1070.